The van der Waals surface area contributed by atoms with Crippen molar-refractivity contribution in [3.05, 3.63) is 55.2 Å². The summed E-state index contributed by atoms with van der Waals surface area (Å²) in [7, 11) is 1.88. The van der Waals surface area contributed by atoms with Crippen molar-refractivity contribution in [1.82, 2.24) is 29.9 Å². The van der Waals surface area contributed by atoms with Gasteiger partial charge >= 0.3 is 0 Å². The van der Waals surface area contributed by atoms with Gasteiger partial charge in [-0.25, -0.2) is 9.37 Å². The largest absolute Gasteiger partial charge is 0.507 e. The molecule has 4 atom stereocenters. The van der Waals surface area contributed by atoms with Crippen molar-refractivity contribution in [2.75, 3.05) is 11.9 Å². The van der Waals surface area contributed by atoms with Gasteiger partial charge in [-0.15, -0.1) is 10.2 Å². The van der Waals surface area contributed by atoms with Gasteiger partial charge in [0, 0.05) is 30.9 Å². The summed E-state index contributed by atoms with van der Waals surface area (Å²) in [5, 5.41) is 22.0. The third-order valence-electron chi connectivity index (χ3n) is 6.96. The van der Waals surface area contributed by atoms with Crippen molar-refractivity contribution < 1.29 is 9.50 Å². The van der Waals surface area contributed by atoms with E-state index in [9.17, 15) is 9.50 Å². The topological polar surface area (TPSA) is 91.5 Å². The van der Waals surface area contributed by atoms with Gasteiger partial charge in [-0.2, -0.15) is 0 Å². The minimum atomic E-state index is -0.927. The van der Waals surface area contributed by atoms with E-state index in [1.807, 2.05) is 46.8 Å². The van der Waals surface area contributed by atoms with E-state index in [1.54, 1.807) is 24.8 Å². The van der Waals surface area contributed by atoms with E-state index < -0.39 is 6.17 Å². The molecule has 1 aromatic carbocycles. The molecular weight excluding hydrogens is 421 g/mol. The summed E-state index contributed by atoms with van der Waals surface area (Å²) >= 11 is 0. The second kappa shape index (κ2) is 7.77. The van der Waals surface area contributed by atoms with Gasteiger partial charge in [0.15, 0.2) is 5.65 Å². The van der Waals surface area contributed by atoms with E-state index in [1.165, 1.54) is 0 Å². The Hall–Kier alpha value is -3.59. The van der Waals surface area contributed by atoms with Crippen molar-refractivity contribution in [3.63, 3.8) is 0 Å². The Morgan fingerprint density at radius 3 is 2.82 bits per heavy atom. The Morgan fingerprint density at radius 2 is 2.00 bits per heavy atom. The first-order valence-corrected chi connectivity index (χ1v) is 11.1. The predicted octanol–water partition coefficient (Wildman–Crippen LogP) is 3.23. The quantitative estimate of drug-likeness (QED) is 0.498. The van der Waals surface area contributed by atoms with Crippen molar-refractivity contribution in [2.45, 2.75) is 43.6 Å². The van der Waals surface area contributed by atoms with Gasteiger partial charge in [0.2, 0.25) is 0 Å². The van der Waals surface area contributed by atoms with Gasteiger partial charge in [0.1, 0.15) is 24.1 Å². The number of nitrogens with zero attached hydrogens (tertiary/aromatic N) is 6. The summed E-state index contributed by atoms with van der Waals surface area (Å²) in [5.41, 5.74) is 3.68. The Kier molecular flexibility index (Phi) is 4.72. The van der Waals surface area contributed by atoms with Crippen LogP contribution < -0.4 is 10.2 Å². The normalized spacial score (nSPS) is 24.3. The number of phenolic OH excluding ortho intramolecular Hbond substituents is 1. The summed E-state index contributed by atoms with van der Waals surface area (Å²) in [6, 6.07) is 9.42. The lowest BCUT2D eigenvalue weighted by Gasteiger charge is -2.38. The standard InChI is InChI=1S/C24H24FN7O/c1-31(20-10-16-3-5-18(29-16)24(20)25)23-12-26-19(11-27-23)17-4-2-14(8-21(17)33)15-6-7-32-13-28-30-22(32)9-15/h2,4,6-9,11-13,16,18,20,24,29,33H,3,5,10H2,1H3/t16-,18+,20-,24+/m0/s1. The molecule has 9 heteroatoms. The number of hydrogen-bond donors (Lipinski definition) is 2. The first-order valence-electron chi connectivity index (χ1n) is 11.1. The summed E-state index contributed by atoms with van der Waals surface area (Å²) in [4.78, 5) is 10.9. The predicted molar refractivity (Wildman–Crippen MR) is 123 cm³/mol. The first-order chi connectivity index (χ1) is 16.1. The van der Waals surface area contributed by atoms with Crippen molar-refractivity contribution >= 4 is 11.5 Å². The molecule has 2 bridgehead atoms. The lowest BCUT2D eigenvalue weighted by Crippen LogP contribution is -2.55. The highest BCUT2D eigenvalue weighted by atomic mass is 19.1. The molecule has 3 aromatic heterocycles. The molecule has 2 aliphatic rings. The van der Waals surface area contributed by atoms with E-state index in [2.05, 4.69) is 25.5 Å². The van der Waals surface area contributed by atoms with E-state index >= 15 is 0 Å². The number of piperidine rings is 1. The number of benzene rings is 1. The fourth-order valence-corrected chi connectivity index (χ4v) is 5.09. The van der Waals surface area contributed by atoms with E-state index in [4.69, 9.17) is 0 Å². The van der Waals surface area contributed by atoms with Crippen LogP contribution in [0.5, 0.6) is 5.75 Å². The van der Waals surface area contributed by atoms with Gasteiger partial charge in [-0.3, -0.25) is 9.38 Å². The Bertz CT molecular complexity index is 1310. The Morgan fingerprint density at radius 1 is 1.12 bits per heavy atom. The van der Waals surface area contributed by atoms with Crippen LogP contribution in [0.25, 0.3) is 28.0 Å². The molecular formula is C24H24FN7O. The van der Waals surface area contributed by atoms with Crippen LogP contribution in [-0.4, -0.2) is 61.0 Å². The highest BCUT2D eigenvalue weighted by Crippen LogP contribution is 2.35. The zero-order chi connectivity index (χ0) is 22.5. The highest BCUT2D eigenvalue weighted by molar-refractivity contribution is 5.75. The second-order valence-corrected chi connectivity index (χ2v) is 8.91. The molecule has 0 unspecified atom stereocenters. The maximum absolute atomic E-state index is 14.9. The number of hydrogen-bond acceptors (Lipinski definition) is 7. The average molecular weight is 446 g/mol. The van der Waals surface area contributed by atoms with Crippen molar-refractivity contribution in [2.24, 2.45) is 0 Å². The zero-order valence-corrected chi connectivity index (χ0v) is 18.1. The molecule has 168 valence electrons. The molecule has 0 aliphatic carbocycles. The van der Waals surface area contributed by atoms with E-state index in [0.29, 0.717) is 23.1 Å². The number of aromatic hydroxyl groups is 1. The van der Waals surface area contributed by atoms with Crippen LogP contribution in [0, 0.1) is 0 Å². The number of nitrogens with one attached hydrogen (secondary N) is 1. The minimum Gasteiger partial charge on any atom is -0.507 e. The lowest BCUT2D eigenvalue weighted by atomic mass is 9.96. The Balaban J connectivity index is 1.23. The number of pyridine rings is 1. The number of rotatable bonds is 4. The smallest absolute Gasteiger partial charge is 0.161 e. The molecule has 0 amide bonds. The number of aromatic nitrogens is 5. The highest BCUT2D eigenvalue weighted by Gasteiger charge is 2.43. The monoisotopic (exact) mass is 445 g/mol. The number of alkyl halides is 1. The molecule has 0 radical (unpaired) electrons. The van der Waals surface area contributed by atoms with Gasteiger partial charge in [-0.05, 0) is 54.7 Å². The lowest BCUT2D eigenvalue weighted by molar-refractivity contribution is 0.176. The minimum absolute atomic E-state index is 0.0654. The van der Waals surface area contributed by atoms with E-state index in [-0.39, 0.29) is 17.8 Å². The second-order valence-electron chi connectivity index (χ2n) is 8.91. The van der Waals surface area contributed by atoms with Gasteiger partial charge in [0.25, 0.3) is 0 Å². The molecule has 5 heterocycles. The van der Waals surface area contributed by atoms with Crippen LogP contribution in [-0.2, 0) is 0 Å². The molecule has 4 aromatic rings. The SMILES string of the molecule is CN(c1cnc(-c2ccc(-c3ccn4cnnc4c3)cc2O)cn1)[C@H]1C[C@@H]2CC[C@@H](N2)[C@H]1F. The van der Waals surface area contributed by atoms with Gasteiger partial charge in [-0.1, -0.05) is 6.07 Å². The molecule has 2 N–H and O–H groups in total. The van der Waals surface area contributed by atoms with Crippen LogP contribution in [0.1, 0.15) is 19.3 Å². The molecule has 0 spiro atoms. The molecule has 33 heavy (non-hydrogen) atoms. The summed E-state index contributed by atoms with van der Waals surface area (Å²) in [5.74, 6) is 0.744. The van der Waals surface area contributed by atoms with Crippen LogP contribution in [0.15, 0.2) is 55.2 Å². The first kappa shape index (κ1) is 20.0. The molecule has 2 saturated heterocycles. The summed E-state index contributed by atoms with van der Waals surface area (Å²) in [6.45, 7) is 0. The molecule has 2 aliphatic heterocycles. The number of halogens is 1. The molecule has 8 nitrogen and oxygen atoms in total. The van der Waals surface area contributed by atoms with Crippen LogP contribution >= 0.6 is 0 Å². The molecule has 2 fully saturated rings. The summed E-state index contributed by atoms with van der Waals surface area (Å²) in [6.07, 6.45) is 8.56. The maximum atomic E-state index is 14.9. The summed E-state index contributed by atoms with van der Waals surface area (Å²) < 4.78 is 16.7. The third kappa shape index (κ3) is 3.48. The third-order valence-corrected chi connectivity index (χ3v) is 6.96. The maximum Gasteiger partial charge on any atom is 0.161 e. The number of fused-ring (bicyclic) bond motifs is 3. The van der Waals surface area contributed by atoms with Crippen LogP contribution in [0.2, 0.25) is 0 Å². The van der Waals surface area contributed by atoms with Gasteiger partial charge in [0.05, 0.1) is 24.1 Å². The van der Waals surface area contributed by atoms with Crippen molar-refractivity contribution in [3.8, 4) is 28.1 Å². The molecule has 6 rings (SSSR count). The Labute approximate surface area is 190 Å². The van der Waals surface area contributed by atoms with Crippen molar-refractivity contribution in [1.29, 1.82) is 0 Å². The number of anilines is 1. The fraction of sp³-hybridized carbons (Fsp3) is 0.333. The fourth-order valence-electron chi connectivity index (χ4n) is 5.09. The van der Waals surface area contributed by atoms with Crippen LogP contribution in [0.3, 0.4) is 0 Å². The number of phenols is 1. The zero-order valence-electron chi connectivity index (χ0n) is 18.1. The van der Waals surface area contributed by atoms with E-state index in [0.717, 1.165) is 36.0 Å². The average Bonchev–Trinajstić information content (AvgIpc) is 3.48. The van der Waals surface area contributed by atoms with Gasteiger partial charge < -0.3 is 15.3 Å². The molecule has 0 saturated carbocycles. The van der Waals surface area contributed by atoms with Crippen LogP contribution in [0.4, 0.5) is 10.2 Å².